The van der Waals surface area contributed by atoms with Crippen molar-refractivity contribution in [2.75, 3.05) is 45.3 Å². The third-order valence-corrected chi connectivity index (χ3v) is 6.04. The Hall–Kier alpha value is -2.94. The van der Waals surface area contributed by atoms with Crippen LogP contribution >= 0.6 is 0 Å². The Morgan fingerprint density at radius 3 is 2.07 bits per heavy atom. The minimum absolute atomic E-state index is 0.0755. The second-order valence-electron chi connectivity index (χ2n) is 6.54. The molecule has 0 bridgehead atoms. The number of hydrogen-bond donors (Lipinski definition) is 0. The zero-order chi connectivity index (χ0) is 21.0. The van der Waals surface area contributed by atoms with E-state index < -0.39 is 10.1 Å². The smallest absolute Gasteiger partial charge is 0.343 e. The SMILES string of the molecule is COc1ccc(OC)c(S(=O)(=O)Oc2ccc(N3CCN(C(C)=O)CC3)cc2)c1. The number of anilines is 1. The maximum atomic E-state index is 12.7. The normalized spacial score (nSPS) is 14.4. The summed E-state index contributed by atoms with van der Waals surface area (Å²) in [6.45, 7) is 4.34. The van der Waals surface area contributed by atoms with Crippen LogP contribution in [-0.2, 0) is 14.9 Å². The third kappa shape index (κ3) is 4.73. The van der Waals surface area contributed by atoms with Gasteiger partial charge in [-0.3, -0.25) is 4.79 Å². The molecule has 156 valence electrons. The Morgan fingerprint density at radius 2 is 1.52 bits per heavy atom. The van der Waals surface area contributed by atoms with Crippen molar-refractivity contribution in [3.8, 4) is 17.2 Å². The van der Waals surface area contributed by atoms with Crippen molar-refractivity contribution in [3.05, 3.63) is 42.5 Å². The van der Waals surface area contributed by atoms with E-state index in [2.05, 4.69) is 4.90 Å². The second-order valence-corrected chi connectivity index (χ2v) is 8.06. The number of carbonyl (C=O) groups is 1. The van der Waals surface area contributed by atoms with Crippen LogP contribution in [0.4, 0.5) is 5.69 Å². The van der Waals surface area contributed by atoms with Gasteiger partial charge in [0.05, 0.1) is 14.2 Å². The first-order valence-corrected chi connectivity index (χ1v) is 10.5. The fourth-order valence-electron chi connectivity index (χ4n) is 3.14. The maximum absolute atomic E-state index is 12.7. The molecule has 9 heteroatoms. The third-order valence-electron chi connectivity index (χ3n) is 4.77. The molecular weight excluding hydrogens is 396 g/mol. The fraction of sp³-hybridized carbons (Fsp3) is 0.350. The summed E-state index contributed by atoms with van der Waals surface area (Å²) in [5.41, 5.74) is 0.942. The molecule has 0 aromatic heterocycles. The van der Waals surface area contributed by atoms with Crippen LogP contribution in [0.2, 0.25) is 0 Å². The zero-order valence-corrected chi connectivity index (χ0v) is 17.4. The van der Waals surface area contributed by atoms with Crippen molar-refractivity contribution in [2.24, 2.45) is 0 Å². The lowest BCUT2D eigenvalue weighted by Gasteiger charge is -2.35. The first-order valence-electron chi connectivity index (χ1n) is 9.11. The van der Waals surface area contributed by atoms with E-state index in [1.54, 1.807) is 37.3 Å². The molecule has 0 atom stereocenters. The Bertz CT molecular complexity index is 967. The number of piperazine rings is 1. The van der Waals surface area contributed by atoms with Crippen molar-refractivity contribution in [1.29, 1.82) is 0 Å². The van der Waals surface area contributed by atoms with E-state index in [9.17, 15) is 13.2 Å². The van der Waals surface area contributed by atoms with E-state index in [0.717, 1.165) is 18.8 Å². The Balaban J connectivity index is 1.73. The highest BCUT2D eigenvalue weighted by atomic mass is 32.2. The number of nitrogens with zero attached hydrogens (tertiary/aromatic N) is 2. The van der Waals surface area contributed by atoms with Gasteiger partial charge in [0.15, 0.2) is 4.90 Å². The topological polar surface area (TPSA) is 85.4 Å². The molecule has 1 saturated heterocycles. The first-order chi connectivity index (χ1) is 13.8. The van der Waals surface area contributed by atoms with Crippen LogP contribution in [-0.4, -0.2) is 59.6 Å². The van der Waals surface area contributed by atoms with Gasteiger partial charge in [0, 0.05) is 44.9 Å². The molecule has 2 aromatic carbocycles. The molecule has 0 spiro atoms. The van der Waals surface area contributed by atoms with Crippen LogP contribution < -0.4 is 18.6 Å². The maximum Gasteiger partial charge on any atom is 0.343 e. The van der Waals surface area contributed by atoms with Crippen molar-refractivity contribution < 1.29 is 26.9 Å². The van der Waals surface area contributed by atoms with Gasteiger partial charge in [-0.25, -0.2) is 0 Å². The highest BCUT2D eigenvalue weighted by Crippen LogP contribution is 2.31. The lowest BCUT2D eigenvalue weighted by molar-refractivity contribution is -0.129. The summed E-state index contributed by atoms with van der Waals surface area (Å²) in [6.07, 6.45) is 0. The molecule has 0 saturated carbocycles. The van der Waals surface area contributed by atoms with Crippen LogP contribution in [0.5, 0.6) is 17.2 Å². The Kier molecular flexibility index (Phi) is 6.17. The summed E-state index contributed by atoms with van der Waals surface area (Å²) in [5.74, 6) is 0.825. The van der Waals surface area contributed by atoms with Crippen molar-refractivity contribution in [1.82, 2.24) is 4.90 Å². The molecule has 2 aromatic rings. The summed E-state index contributed by atoms with van der Waals surface area (Å²) in [6, 6.07) is 11.3. The fourth-order valence-corrected chi connectivity index (χ4v) is 4.26. The number of amides is 1. The molecule has 29 heavy (non-hydrogen) atoms. The summed E-state index contributed by atoms with van der Waals surface area (Å²) < 4.78 is 41.0. The molecule has 1 aliphatic heterocycles. The lowest BCUT2D eigenvalue weighted by Crippen LogP contribution is -2.48. The molecule has 0 unspecified atom stereocenters. The summed E-state index contributed by atoms with van der Waals surface area (Å²) >= 11 is 0. The largest absolute Gasteiger partial charge is 0.497 e. The molecule has 8 nitrogen and oxygen atoms in total. The van der Waals surface area contributed by atoms with E-state index in [4.69, 9.17) is 13.7 Å². The van der Waals surface area contributed by atoms with E-state index in [-0.39, 0.29) is 22.3 Å². The van der Waals surface area contributed by atoms with Crippen LogP contribution in [0.25, 0.3) is 0 Å². The van der Waals surface area contributed by atoms with Gasteiger partial charge in [-0.1, -0.05) is 0 Å². The predicted molar refractivity (Wildman–Crippen MR) is 108 cm³/mol. The molecule has 1 amide bonds. The van der Waals surface area contributed by atoms with Gasteiger partial charge in [-0.05, 0) is 36.4 Å². The average molecular weight is 420 g/mol. The van der Waals surface area contributed by atoms with Crippen LogP contribution in [0, 0.1) is 0 Å². The highest BCUT2D eigenvalue weighted by Gasteiger charge is 2.23. The summed E-state index contributed by atoms with van der Waals surface area (Å²) in [4.78, 5) is 15.3. The standard InChI is InChI=1S/C20H24N2O6S/c1-15(23)21-10-12-22(13-11-21)16-4-6-17(7-5-16)28-29(24,25)20-14-18(26-2)8-9-19(20)27-3/h4-9,14H,10-13H2,1-3H3. The van der Waals surface area contributed by atoms with Gasteiger partial charge in [-0.15, -0.1) is 0 Å². The number of benzene rings is 2. The quantitative estimate of drug-likeness (QED) is 0.662. The number of hydrogen-bond acceptors (Lipinski definition) is 7. The second kappa shape index (κ2) is 8.60. The first kappa shape index (κ1) is 20.8. The van der Waals surface area contributed by atoms with Crippen LogP contribution in [0.3, 0.4) is 0 Å². The Labute approximate surface area is 170 Å². The van der Waals surface area contributed by atoms with E-state index in [1.807, 2.05) is 4.90 Å². The van der Waals surface area contributed by atoms with Gasteiger partial charge in [-0.2, -0.15) is 8.42 Å². The average Bonchev–Trinajstić information content (AvgIpc) is 2.73. The molecule has 1 heterocycles. The van der Waals surface area contributed by atoms with Crippen LogP contribution in [0.1, 0.15) is 6.92 Å². The molecule has 0 aliphatic carbocycles. The van der Waals surface area contributed by atoms with Gasteiger partial charge in [0.1, 0.15) is 17.2 Å². The molecule has 0 radical (unpaired) electrons. The number of ether oxygens (including phenoxy) is 2. The highest BCUT2D eigenvalue weighted by molar-refractivity contribution is 7.87. The molecule has 0 N–H and O–H groups in total. The number of rotatable bonds is 6. The lowest BCUT2D eigenvalue weighted by atomic mass is 10.2. The predicted octanol–water partition coefficient (Wildman–Crippen LogP) is 2.14. The van der Waals surface area contributed by atoms with Crippen molar-refractivity contribution in [3.63, 3.8) is 0 Å². The summed E-state index contributed by atoms with van der Waals surface area (Å²) in [5, 5.41) is 0. The number of methoxy groups -OCH3 is 2. The molecule has 3 rings (SSSR count). The van der Waals surface area contributed by atoms with E-state index in [1.165, 1.54) is 26.4 Å². The monoisotopic (exact) mass is 420 g/mol. The molecule has 1 fully saturated rings. The zero-order valence-electron chi connectivity index (χ0n) is 16.6. The number of carbonyl (C=O) groups excluding carboxylic acids is 1. The van der Waals surface area contributed by atoms with Gasteiger partial charge < -0.3 is 23.5 Å². The van der Waals surface area contributed by atoms with Crippen molar-refractivity contribution >= 4 is 21.7 Å². The van der Waals surface area contributed by atoms with Gasteiger partial charge in [0.2, 0.25) is 5.91 Å². The summed E-state index contributed by atoms with van der Waals surface area (Å²) in [7, 11) is -1.26. The minimum Gasteiger partial charge on any atom is -0.497 e. The van der Waals surface area contributed by atoms with Gasteiger partial charge in [0.25, 0.3) is 0 Å². The van der Waals surface area contributed by atoms with E-state index in [0.29, 0.717) is 18.8 Å². The molecular formula is C20H24N2O6S. The van der Waals surface area contributed by atoms with Gasteiger partial charge >= 0.3 is 10.1 Å². The Morgan fingerprint density at radius 1 is 0.897 bits per heavy atom. The van der Waals surface area contributed by atoms with E-state index >= 15 is 0 Å². The molecule has 1 aliphatic rings. The van der Waals surface area contributed by atoms with Crippen LogP contribution in [0.15, 0.2) is 47.4 Å². The van der Waals surface area contributed by atoms with Crippen molar-refractivity contribution in [2.45, 2.75) is 11.8 Å². The minimum atomic E-state index is -4.11.